The molecule has 0 aromatic heterocycles. The van der Waals surface area contributed by atoms with Crippen LogP contribution in [-0.4, -0.2) is 46.2 Å². The van der Waals surface area contributed by atoms with Gasteiger partial charge in [-0.1, -0.05) is 26.7 Å². The number of rotatable bonds is 3. The van der Waals surface area contributed by atoms with E-state index in [4.69, 9.17) is 0 Å². The second-order valence-electron chi connectivity index (χ2n) is 8.02. The third kappa shape index (κ3) is 3.05. The van der Waals surface area contributed by atoms with E-state index in [2.05, 4.69) is 31.0 Å². The molecule has 0 aromatic rings. The number of nitrogens with zero attached hydrogens (tertiary/aromatic N) is 1. The molecule has 1 amide bonds. The molecule has 2 bridgehead atoms. The molecule has 22 heavy (non-hydrogen) atoms. The number of hydrogen-bond acceptors (Lipinski definition) is 3. The number of amides is 1. The SMILES string of the molecule is C[C@H]1[C@H](C)CCC[C@@H]1NC(=O)[C@@H](C)N1[C@H]2CC[C@H]1CC(O)C2. The van der Waals surface area contributed by atoms with Gasteiger partial charge in [0.1, 0.15) is 0 Å². The van der Waals surface area contributed by atoms with E-state index >= 15 is 0 Å². The second-order valence-corrected chi connectivity index (χ2v) is 8.02. The van der Waals surface area contributed by atoms with E-state index in [0.717, 1.165) is 32.1 Å². The van der Waals surface area contributed by atoms with Crippen LogP contribution in [0.4, 0.5) is 0 Å². The van der Waals surface area contributed by atoms with Crippen molar-refractivity contribution in [3.05, 3.63) is 0 Å². The van der Waals surface area contributed by atoms with Crippen molar-refractivity contribution in [2.75, 3.05) is 0 Å². The molecule has 0 spiro atoms. The molecule has 2 aliphatic heterocycles. The van der Waals surface area contributed by atoms with Crippen LogP contribution >= 0.6 is 0 Å². The minimum Gasteiger partial charge on any atom is -0.393 e. The summed E-state index contributed by atoms with van der Waals surface area (Å²) in [5.41, 5.74) is 0. The predicted molar refractivity (Wildman–Crippen MR) is 87.5 cm³/mol. The van der Waals surface area contributed by atoms with Gasteiger partial charge < -0.3 is 10.4 Å². The maximum Gasteiger partial charge on any atom is 0.237 e. The molecule has 0 unspecified atom stereocenters. The molecule has 2 saturated heterocycles. The predicted octanol–water partition coefficient (Wildman–Crippen LogP) is 2.30. The molecule has 4 heteroatoms. The zero-order chi connectivity index (χ0) is 15.9. The molecule has 2 heterocycles. The topological polar surface area (TPSA) is 52.6 Å². The van der Waals surface area contributed by atoms with E-state index in [0.29, 0.717) is 30.0 Å². The van der Waals surface area contributed by atoms with Crippen molar-refractivity contribution < 1.29 is 9.90 Å². The molecule has 3 fully saturated rings. The van der Waals surface area contributed by atoms with E-state index in [1.807, 2.05) is 0 Å². The van der Waals surface area contributed by atoms with Crippen LogP contribution in [0.2, 0.25) is 0 Å². The Kier molecular flexibility index (Phi) is 4.79. The first kappa shape index (κ1) is 16.3. The van der Waals surface area contributed by atoms with Crippen LogP contribution in [-0.2, 0) is 4.79 Å². The molecule has 4 nitrogen and oxygen atoms in total. The van der Waals surface area contributed by atoms with Crippen LogP contribution in [0.25, 0.3) is 0 Å². The van der Waals surface area contributed by atoms with Gasteiger partial charge in [0, 0.05) is 18.1 Å². The van der Waals surface area contributed by atoms with E-state index in [-0.39, 0.29) is 18.1 Å². The smallest absolute Gasteiger partial charge is 0.237 e. The highest BCUT2D eigenvalue weighted by atomic mass is 16.3. The van der Waals surface area contributed by atoms with E-state index in [1.54, 1.807) is 0 Å². The fourth-order valence-electron chi connectivity index (χ4n) is 5.04. The van der Waals surface area contributed by atoms with Gasteiger partial charge >= 0.3 is 0 Å². The fraction of sp³-hybridized carbons (Fsp3) is 0.944. The van der Waals surface area contributed by atoms with E-state index in [1.165, 1.54) is 12.8 Å². The van der Waals surface area contributed by atoms with E-state index < -0.39 is 0 Å². The molecule has 0 radical (unpaired) electrons. The lowest BCUT2D eigenvalue weighted by Crippen LogP contribution is -2.56. The summed E-state index contributed by atoms with van der Waals surface area (Å²) < 4.78 is 0. The monoisotopic (exact) mass is 308 g/mol. The maximum absolute atomic E-state index is 12.7. The average molecular weight is 308 g/mol. The Hall–Kier alpha value is -0.610. The first-order valence-electron chi connectivity index (χ1n) is 9.23. The quantitative estimate of drug-likeness (QED) is 0.841. The lowest BCUT2D eigenvalue weighted by molar-refractivity contribution is -0.130. The molecular weight excluding hydrogens is 276 g/mol. The summed E-state index contributed by atoms with van der Waals surface area (Å²) in [4.78, 5) is 15.1. The molecule has 126 valence electrons. The van der Waals surface area contributed by atoms with Crippen molar-refractivity contribution in [2.45, 2.75) is 96.0 Å². The molecule has 2 N–H and O–H groups in total. The minimum absolute atomic E-state index is 0.0607. The van der Waals surface area contributed by atoms with Crippen LogP contribution in [0, 0.1) is 11.8 Å². The van der Waals surface area contributed by atoms with Crippen molar-refractivity contribution >= 4 is 5.91 Å². The summed E-state index contributed by atoms with van der Waals surface area (Å²) in [5, 5.41) is 13.3. The third-order valence-electron chi connectivity index (χ3n) is 6.63. The Morgan fingerprint density at radius 2 is 1.77 bits per heavy atom. The second kappa shape index (κ2) is 6.48. The van der Waals surface area contributed by atoms with Gasteiger partial charge in [-0.15, -0.1) is 0 Å². The fourth-order valence-corrected chi connectivity index (χ4v) is 5.04. The van der Waals surface area contributed by atoms with Crippen molar-refractivity contribution in [1.82, 2.24) is 10.2 Å². The standard InChI is InChI=1S/C18H32N2O2/c1-11-5-4-6-17(12(11)2)19-18(22)13(3)20-14-7-8-15(20)10-16(21)9-14/h11-17,21H,4-10H2,1-3H3,(H,19,22)/t11-,12+,13-,14+,15+,17+/m1/s1. The molecule has 1 saturated carbocycles. The van der Waals surface area contributed by atoms with Gasteiger partial charge in [0.15, 0.2) is 0 Å². The van der Waals surface area contributed by atoms with Crippen molar-refractivity contribution in [3.8, 4) is 0 Å². The number of aliphatic hydroxyl groups excluding tert-OH is 1. The van der Waals surface area contributed by atoms with Crippen LogP contribution in [0.15, 0.2) is 0 Å². The Morgan fingerprint density at radius 1 is 1.14 bits per heavy atom. The van der Waals surface area contributed by atoms with E-state index in [9.17, 15) is 9.90 Å². The molecule has 6 atom stereocenters. The molecular formula is C18H32N2O2. The zero-order valence-electron chi connectivity index (χ0n) is 14.3. The van der Waals surface area contributed by atoms with Gasteiger partial charge in [0.05, 0.1) is 12.1 Å². The molecule has 3 aliphatic rings. The van der Waals surface area contributed by atoms with Crippen molar-refractivity contribution in [1.29, 1.82) is 0 Å². The summed E-state index contributed by atoms with van der Waals surface area (Å²) in [5.74, 6) is 1.47. The Bertz CT molecular complexity index is 400. The molecule has 1 aliphatic carbocycles. The summed E-state index contributed by atoms with van der Waals surface area (Å²) in [6, 6.07) is 1.08. The normalized spacial score (nSPS) is 43.8. The molecule has 0 aromatic carbocycles. The Balaban J connectivity index is 1.60. The van der Waals surface area contributed by atoms with Crippen LogP contribution in [0.3, 0.4) is 0 Å². The van der Waals surface area contributed by atoms with Crippen molar-refractivity contribution in [2.24, 2.45) is 11.8 Å². The number of hydrogen-bond donors (Lipinski definition) is 2. The highest BCUT2D eigenvalue weighted by Gasteiger charge is 2.44. The Labute approximate surface area is 134 Å². The van der Waals surface area contributed by atoms with Crippen LogP contribution in [0.5, 0.6) is 0 Å². The largest absolute Gasteiger partial charge is 0.393 e. The van der Waals surface area contributed by atoms with Crippen molar-refractivity contribution in [3.63, 3.8) is 0 Å². The zero-order valence-corrected chi connectivity index (χ0v) is 14.3. The van der Waals surface area contributed by atoms with Gasteiger partial charge in [0.25, 0.3) is 0 Å². The maximum atomic E-state index is 12.7. The number of fused-ring (bicyclic) bond motifs is 2. The average Bonchev–Trinajstić information content (AvgIpc) is 2.75. The van der Waals surface area contributed by atoms with Gasteiger partial charge in [0.2, 0.25) is 5.91 Å². The molecule has 3 rings (SSSR count). The lowest BCUT2D eigenvalue weighted by Gasteiger charge is -2.41. The minimum atomic E-state index is -0.164. The first-order valence-corrected chi connectivity index (χ1v) is 9.23. The number of carbonyl (C=O) groups excluding carboxylic acids is 1. The lowest BCUT2D eigenvalue weighted by atomic mass is 9.78. The third-order valence-corrected chi connectivity index (χ3v) is 6.63. The summed E-state index contributed by atoms with van der Waals surface area (Å²) >= 11 is 0. The Morgan fingerprint density at radius 3 is 2.41 bits per heavy atom. The van der Waals surface area contributed by atoms with Gasteiger partial charge in [-0.2, -0.15) is 0 Å². The highest BCUT2D eigenvalue weighted by Crippen LogP contribution is 2.37. The van der Waals surface area contributed by atoms with Gasteiger partial charge in [-0.05, 0) is 50.9 Å². The first-order chi connectivity index (χ1) is 10.5. The highest BCUT2D eigenvalue weighted by molar-refractivity contribution is 5.81. The van der Waals surface area contributed by atoms with Crippen LogP contribution in [0.1, 0.15) is 65.7 Å². The van der Waals surface area contributed by atoms with Gasteiger partial charge in [-0.3, -0.25) is 9.69 Å². The summed E-state index contributed by atoms with van der Waals surface area (Å²) in [6.07, 6.45) is 7.42. The number of aliphatic hydroxyl groups is 1. The van der Waals surface area contributed by atoms with Crippen LogP contribution < -0.4 is 5.32 Å². The number of carbonyl (C=O) groups is 1. The van der Waals surface area contributed by atoms with Gasteiger partial charge in [-0.25, -0.2) is 0 Å². The summed E-state index contributed by atoms with van der Waals surface area (Å²) in [7, 11) is 0. The number of nitrogens with one attached hydrogen (secondary N) is 1. The summed E-state index contributed by atoms with van der Waals surface area (Å²) in [6.45, 7) is 6.63. The number of piperidine rings is 1.